The Balaban J connectivity index is 1.68. The molecule has 0 radical (unpaired) electrons. The molecule has 0 aliphatic carbocycles. The van der Waals surface area contributed by atoms with Crippen molar-refractivity contribution in [2.24, 2.45) is 0 Å². The van der Waals surface area contributed by atoms with Gasteiger partial charge in [0.25, 0.3) is 5.91 Å². The Hall–Kier alpha value is -1.88. The van der Waals surface area contributed by atoms with E-state index >= 15 is 0 Å². The van der Waals surface area contributed by atoms with Crippen LogP contribution in [0, 0.1) is 0 Å². The molecule has 2 aromatic rings. The highest BCUT2D eigenvalue weighted by Gasteiger charge is 2.39. The molecule has 1 unspecified atom stereocenters. The normalized spacial score (nSPS) is 17.8. The van der Waals surface area contributed by atoms with Crippen molar-refractivity contribution >= 4 is 40.7 Å². The third-order valence-electron chi connectivity index (χ3n) is 3.70. The Morgan fingerprint density at radius 1 is 0.957 bits per heavy atom. The summed E-state index contributed by atoms with van der Waals surface area (Å²) in [6, 6.07) is 13.5. The Kier molecular flexibility index (Phi) is 4.66. The number of amides is 2. The minimum absolute atomic E-state index is 0.148. The van der Waals surface area contributed by atoms with Gasteiger partial charge in [-0.15, -0.1) is 0 Å². The highest BCUT2D eigenvalue weighted by Crippen LogP contribution is 2.24. The van der Waals surface area contributed by atoms with Gasteiger partial charge in [0, 0.05) is 16.6 Å². The third kappa shape index (κ3) is 3.55. The van der Waals surface area contributed by atoms with Crippen LogP contribution < -0.4 is 10.2 Å². The molecule has 0 saturated carbocycles. The topological polar surface area (TPSA) is 49.4 Å². The van der Waals surface area contributed by atoms with Crippen molar-refractivity contribution in [1.82, 2.24) is 5.32 Å². The van der Waals surface area contributed by atoms with Crippen molar-refractivity contribution in [3.05, 3.63) is 64.1 Å². The largest absolute Gasteiger partial charge is 0.301 e. The van der Waals surface area contributed by atoms with Crippen molar-refractivity contribution in [2.45, 2.75) is 19.0 Å². The van der Waals surface area contributed by atoms with Gasteiger partial charge in [-0.3, -0.25) is 9.59 Å². The van der Waals surface area contributed by atoms with Crippen molar-refractivity contribution in [1.29, 1.82) is 0 Å². The molecule has 0 bridgehead atoms. The number of hydrogen-bond acceptors (Lipinski definition) is 3. The molecule has 1 aliphatic rings. The lowest BCUT2D eigenvalue weighted by atomic mass is 10.2. The summed E-state index contributed by atoms with van der Waals surface area (Å²) in [6.45, 7) is 0.495. The maximum Gasteiger partial charge on any atom is 0.251 e. The summed E-state index contributed by atoms with van der Waals surface area (Å²) in [5.74, 6) is -0.461. The minimum atomic E-state index is -0.520. The molecular weight excluding hydrogens is 335 g/mol. The fourth-order valence-corrected chi connectivity index (χ4v) is 2.75. The molecule has 1 heterocycles. The van der Waals surface area contributed by atoms with Crippen LogP contribution in [0.1, 0.15) is 12.0 Å². The van der Waals surface area contributed by atoms with E-state index < -0.39 is 6.04 Å². The second kappa shape index (κ2) is 6.71. The molecule has 4 nitrogen and oxygen atoms in total. The number of rotatable bonds is 4. The molecule has 23 heavy (non-hydrogen) atoms. The fraction of sp³-hybridized carbons (Fsp3) is 0.176. The van der Waals surface area contributed by atoms with Crippen LogP contribution in [-0.4, -0.2) is 17.9 Å². The Morgan fingerprint density at radius 2 is 1.52 bits per heavy atom. The predicted octanol–water partition coefficient (Wildman–Crippen LogP) is 3.42. The van der Waals surface area contributed by atoms with Gasteiger partial charge < -0.3 is 5.32 Å². The third-order valence-corrected chi connectivity index (χ3v) is 4.20. The first-order valence-electron chi connectivity index (χ1n) is 7.15. The summed E-state index contributed by atoms with van der Waals surface area (Å²) in [6.07, 6.45) is 0.148. The van der Waals surface area contributed by atoms with Gasteiger partial charge in [-0.25, -0.2) is 4.90 Å². The average Bonchev–Trinajstić information content (AvgIpc) is 2.82. The molecule has 1 aliphatic heterocycles. The van der Waals surface area contributed by atoms with Gasteiger partial charge in [0.2, 0.25) is 5.91 Å². The van der Waals surface area contributed by atoms with Crippen molar-refractivity contribution in [3.63, 3.8) is 0 Å². The zero-order valence-electron chi connectivity index (χ0n) is 12.1. The minimum Gasteiger partial charge on any atom is -0.301 e. The number of imide groups is 1. The van der Waals surface area contributed by atoms with E-state index in [-0.39, 0.29) is 18.2 Å². The molecule has 1 saturated heterocycles. The maximum atomic E-state index is 12.5. The average molecular weight is 349 g/mol. The summed E-state index contributed by atoms with van der Waals surface area (Å²) < 4.78 is 0. The lowest BCUT2D eigenvalue weighted by molar-refractivity contribution is -0.121. The number of hydrogen-bond donors (Lipinski definition) is 1. The fourth-order valence-electron chi connectivity index (χ4n) is 2.50. The van der Waals surface area contributed by atoms with E-state index in [1.54, 1.807) is 36.4 Å². The molecular formula is C17H14Cl2N2O2. The van der Waals surface area contributed by atoms with E-state index in [1.807, 2.05) is 12.1 Å². The molecule has 3 rings (SSSR count). The summed E-state index contributed by atoms with van der Waals surface area (Å²) in [5, 5.41) is 4.35. The van der Waals surface area contributed by atoms with Gasteiger partial charge in [0.05, 0.1) is 18.2 Å². The Bertz CT molecular complexity index is 729. The molecule has 6 heteroatoms. The van der Waals surface area contributed by atoms with Crippen LogP contribution >= 0.6 is 23.2 Å². The second-order valence-corrected chi connectivity index (χ2v) is 6.18. The number of nitrogens with zero attached hydrogens (tertiary/aromatic N) is 1. The Morgan fingerprint density at radius 3 is 2.13 bits per heavy atom. The highest BCUT2D eigenvalue weighted by molar-refractivity contribution is 6.31. The summed E-state index contributed by atoms with van der Waals surface area (Å²) >= 11 is 11.7. The van der Waals surface area contributed by atoms with Crippen molar-refractivity contribution in [3.8, 4) is 0 Å². The van der Waals surface area contributed by atoms with E-state index in [0.717, 1.165) is 5.56 Å². The van der Waals surface area contributed by atoms with Gasteiger partial charge >= 0.3 is 0 Å². The second-order valence-electron chi connectivity index (χ2n) is 5.31. The quantitative estimate of drug-likeness (QED) is 0.861. The van der Waals surface area contributed by atoms with E-state index in [0.29, 0.717) is 22.3 Å². The molecule has 1 N–H and O–H groups in total. The van der Waals surface area contributed by atoms with E-state index in [9.17, 15) is 9.59 Å². The molecule has 1 atom stereocenters. The number of nitrogens with one attached hydrogen (secondary N) is 1. The van der Waals surface area contributed by atoms with Crippen LogP contribution in [0.2, 0.25) is 10.0 Å². The number of carbonyl (C=O) groups is 2. The standard InChI is InChI=1S/C17H14Cl2N2O2/c18-12-3-1-11(2-4-12)10-20-15-9-16(22)21(17(15)23)14-7-5-13(19)6-8-14/h1-8,15,20H,9-10H2. The van der Waals surface area contributed by atoms with Crippen LogP contribution in [0.3, 0.4) is 0 Å². The maximum absolute atomic E-state index is 12.5. The first-order valence-corrected chi connectivity index (χ1v) is 7.90. The monoisotopic (exact) mass is 348 g/mol. The lowest BCUT2D eigenvalue weighted by Crippen LogP contribution is -2.38. The smallest absolute Gasteiger partial charge is 0.251 e. The van der Waals surface area contributed by atoms with Crippen molar-refractivity contribution < 1.29 is 9.59 Å². The zero-order chi connectivity index (χ0) is 16.4. The first-order chi connectivity index (χ1) is 11.0. The van der Waals surface area contributed by atoms with Crippen LogP contribution in [0.5, 0.6) is 0 Å². The predicted molar refractivity (Wildman–Crippen MR) is 90.6 cm³/mol. The molecule has 2 amide bonds. The summed E-state index contributed by atoms with van der Waals surface area (Å²) in [7, 11) is 0. The zero-order valence-corrected chi connectivity index (χ0v) is 13.6. The van der Waals surface area contributed by atoms with E-state index in [1.165, 1.54) is 4.90 Å². The number of anilines is 1. The van der Waals surface area contributed by atoms with Gasteiger partial charge in [-0.1, -0.05) is 35.3 Å². The Labute approximate surface area is 144 Å². The van der Waals surface area contributed by atoms with Crippen LogP contribution in [0.15, 0.2) is 48.5 Å². The lowest BCUT2D eigenvalue weighted by Gasteiger charge is -2.15. The van der Waals surface area contributed by atoms with E-state index in [2.05, 4.69) is 5.32 Å². The SMILES string of the molecule is O=C1CC(NCc2ccc(Cl)cc2)C(=O)N1c1ccc(Cl)cc1. The van der Waals surface area contributed by atoms with Crippen LogP contribution in [0.4, 0.5) is 5.69 Å². The number of benzene rings is 2. The molecule has 0 spiro atoms. The molecule has 0 aromatic heterocycles. The molecule has 118 valence electrons. The van der Waals surface area contributed by atoms with Crippen LogP contribution in [0.25, 0.3) is 0 Å². The number of carbonyl (C=O) groups excluding carboxylic acids is 2. The first kappa shape index (κ1) is 16.0. The van der Waals surface area contributed by atoms with Crippen LogP contribution in [-0.2, 0) is 16.1 Å². The van der Waals surface area contributed by atoms with E-state index in [4.69, 9.17) is 23.2 Å². The summed E-state index contributed by atoms with van der Waals surface area (Å²) in [5.41, 5.74) is 1.54. The van der Waals surface area contributed by atoms with Gasteiger partial charge in [-0.05, 0) is 42.0 Å². The number of halogens is 2. The summed E-state index contributed by atoms with van der Waals surface area (Å²) in [4.78, 5) is 25.8. The van der Waals surface area contributed by atoms with Gasteiger partial charge in [0.15, 0.2) is 0 Å². The molecule has 2 aromatic carbocycles. The molecule has 1 fully saturated rings. The van der Waals surface area contributed by atoms with Gasteiger partial charge in [0.1, 0.15) is 0 Å². The van der Waals surface area contributed by atoms with Gasteiger partial charge in [-0.2, -0.15) is 0 Å². The highest BCUT2D eigenvalue weighted by atomic mass is 35.5. The van der Waals surface area contributed by atoms with Crippen molar-refractivity contribution in [2.75, 3.05) is 4.90 Å².